The molecule has 2 aromatic heterocycles. The van der Waals surface area contributed by atoms with Crippen LogP contribution in [-0.4, -0.2) is 15.8 Å². The molecule has 0 atom stereocenters. The summed E-state index contributed by atoms with van der Waals surface area (Å²) in [5.74, 6) is -0.984. The maximum absolute atomic E-state index is 11.7. The number of aromatic nitrogens is 1. The van der Waals surface area contributed by atoms with Gasteiger partial charge < -0.3 is 4.42 Å². The first-order valence-corrected chi connectivity index (χ1v) is 6.07. The first kappa shape index (κ1) is 12.5. The van der Waals surface area contributed by atoms with Crippen molar-refractivity contribution in [2.45, 2.75) is 5.88 Å². The summed E-state index contributed by atoms with van der Waals surface area (Å²) < 4.78 is 4.75. The lowest BCUT2D eigenvalue weighted by atomic mass is 10.4. The number of hydrogen-bond acceptors (Lipinski definition) is 6. The quantitative estimate of drug-likeness (QED) is 0.529. The van der Waals surface area contributed by atoms with Gasteiger partial charge in [-0.2, -0.15) is 0 Å². The molecular weight excluding hydrogens is 282 g/mol. The Balaban J connectivity index is 2.09. The Bertz CT molecular complexity index is 594. The van der Waals surface area contributed by atoms with Crippen molar-refractivity contribution in [2.75, 3.05) is 5.32 Å². The Kier molecular flexibility index (Phi) is 3.58. The second-order valence-corrected chi connectivity index (χ2v) is 4.25. The fourth-order valence-corrected chi connectivity index (χ4v) is 2.07. The smallest absolute Gasteiger partial charge is 0.395 e. The summed E-state index contributed by atoms with van der Waals surface area (Å²) in [4.78, 5) is 25.3. The number of rotatable bonds is 4. The normalized spacial score (nSPS) is 10.3. The molecule has 0 unspecified atom stereocenters. The molecular formula is C9H6ClN3O4S. The van der Waals surface area contributed by atoms with Gasteiger partial charge in [0.05, 0.1) is 17.6 Å². The van der Waals surface area contributed by atoms with Crippen LogP contribution in [0.25, 0.3) is 0 Å². The van der Waals surface area contributed by atoms with Crippen LogP contribution in [0.2, 0.25) is 0 Å². The third-order valence-electron chi connectivity index (χ3n) is 1.90. The van der Waals surface area contributed by atoms with E-state index in [4.69, 9.17) is 16.0 Å². The van der Waals surface area contributed by atoms with Crippen molar-refractivity contribution in [3.05, 3.63) is 39.1 Å². The molecule has 1 N–H and O–H groups in total. The Morgan fingerprint density at radius 2 is 2.39 bits per heavy atom. The predicted octanol–water partition coefficient (Wildman–Crippen LogP) is 2.64. The first-order chi connectivity index (χ1) is 8.60. The third kappa shape index (κ3) is 2.66. The van der Waals surface area contributed by atoms with Crippen molar-refractivity contribution in [1.82, 2.24) is 4.98 Å². The van der Waals surface area contributed by atoms with Crippen LogP contribution in [0.1, 0.15) is 16.2 Å². The van der Waals surface area contributed by atoms with E-state index >= 15 is 0 Å². The van der Waals surface area contributed by atoms with E-state index < -0.39 is 16.7 Å². The summed E-state index contributed by atoms with van der Waals surface area (Å²) in [6.45, 7) is 0. The third-order valence-corrected chi connectivity index (χ3v) is 2.99. The molecule has 0 radical (unpaired) electrons. The van der Waals surface area contributed by atoms with Crippen LogP contribution in [0.4, 0.5) is 11.0 Å². The number of thiazole rings is 1. The van der Waals surface area contributed by atoms with Gasteiger partial charge in [-0.05, 0) is 6.07 Å². The van der Waals surface area contributed by atoms with E-state index in [1.54, 1.807) is 5.38 Å². The molecule has 0 saturated carbocycles. The average Bonchev–Trinajstić information content (AvgIpc) is 2.97. The van der Waals surface area contributed by atoms with Gasteiger partial charge in [0.25, 0.3) is 5.91 Å². The number of hydrogen-bond donors (Lipinski definition) is 1. The molecule has 2 aromatic rings. The van der Waals surface area contributed by atoms with Crippen LogP contribution in [0.3, 0.4) is 0 Å². The maximum atomic E-state index is 11.7. The minimum absolute atomic E-state index is 0.149. The summed E-state index contributed by atoms with van der Waals surface area (Å²) >= 11 is 6.78. The van der Waals surface area contributed by atoms with E-state index in [2.05, 4.69) is 10.3 Å². The Morgan fingerprint density at radius 1 is 1.61 bits per heavy atom. The molecule has 2 heterocycles. The van der Waals surface area contributed by atoms with Gasteiger partial charge in [0.15, 0.2) is 10.9 Å². The van der Waals surface area contributed by atoms with Crippen LogP contribution in [-0.2, 0) is 5.88 Å². The molecule has 0 aliphatic rings. The molecule has 0 aliphatic heterocycles. The van der Waals surface area contributed by atoms with E-state index in [-0.39, 0.29) is 11.6 Å². The van der Waals surface area contributed by atoms with Crippen molar-refractivity contribution in [3.8, 4) is 0 Å². The minimum atomic E-state index is -0.716. The molecule has 0 spiro atoms. The highest BCUT2D eigenvalue weighted by molar-refractivity contribution is 7.14. The van der Waals surface area contributed by atoms with Gasteiger partial charge >= 0.3 is 5.88 Å². The summed E-state index contributed by atoms with van der Waals surface area (Å²) in [6, 6.07) is 2.34. The van der Waals surface area contributed by atoms with Crippen LogP contribution in [0, 0.1) is 10.1 Å². The fourth-order valence-electron chi connectivity index (χ4n) is 1.13. The topological polar surface area (TPSA) is 98.3 Å². The first-order valence-electron chi connectivity index (χ1n) is 4.66. The van der Waals surface area contributed by atoms with E-state index in [1.807, 2.05) is 0 Å². The highest BCUT2D eigenvalue weighted by atomic mass is 35.5. The number of nitro groups is 1. The van der Waals surface area contributed by atoms with Gasteiger partial charge in [0.1, 0.15) is 4.92 Å². The number of alkyl halides is 1. The summed E-state index contributed by atoms with van der Waals surface area (Å²) in [5, 5.41) is 14.9. The SMILES string of the molecule is O=C(Nc1nc(CCl)cs1)c1ccc([N+](=O)[O-])o1. The van der Waals surface area contributed by atoms with E-state index in [0.29, 0.717) is 10.8 Å². The Hall–Kier alpha value is -1.93. The number of furan rings is 1. The molecule has 94 valence electrons. The lowest BCUT2D eigenvalue weighted by Gasteiger charge is -1.96. The maximum Gasteiger partial charge on any atom is 0.433 e. The van der Waals surface area contributed by atoms with Crippen molar-refractivity contribution < 1.29 is 14.1 Å². The number of carbonyl (C=O) groups is 1. The molecule has 0 saturated heterocycles. The van der Waals surface area contributed by atoms with E-state index in [9.17, 15) is 14.9 Å². The second-order valence-electron chi connectivity index (χ2n) is 3.13. The number of carbonyl (C=O) groups excluding carboxylic acids is 1. The van der Waals surface area contributed by atoms with Gasteiger partial charge in [-0.15, -0.1) is 22.9 Å². The van der Waals surface area contributed by atoms with Crippen LogP contribution >= 0.6 is 22.9 Å². The zero-order valence-electron chi connectivity index (χ0n) is 8.75. The van der Waals surface area contributed by atoms with Crippen LogP contribution in [0.5, 0.6) is 0 Å². The highest BCUT2D eigenvalue weighted by Crippen LogP contribution is 2.20. The number of anilines is 1. The van der Waals surface area contributed by atoms with Crippen molar-refractivity contribution in [3.63, 3.8) is 0 Å². The van der Waals surface area contributed by atoms with Gasteiger partial charge in [0.2, 0.25) is 0 Å². The standard InChI is InChI=1S/C9H6ClN3O4S/c10-3-5-4-18-9(11-5)12-8(14)6-1-2-7(17-6)13(15)16/h1-2,4H,3H2,(H,11,12,14). The van der Waals surface area contributed by atoms with Crippen molar-refractivity contribution in [1.29, 1.82) is 0 Å². The van der Waals surface area contributed by atoms with E-state index in [1.165, 1.54) is 17.4 Å². The van der Waals surface area contributed by atoms with Crippen molar-refractivity contribution >= 4 is 39.9 Å². The number of halogens is 1. The largest absolute Gasteiger partial charge is 0.433 e. The molecule has 2 rings (SSSR count). The number of amides is 1. The molecule has 0 aliphatic carbocycles. The van der Waals surface area contributed by atoms with Crippen molar-refractivity contribution in [2.24, 2.45) is 0 Å². The lowest BCUT2D eigenvalue weighted by Crippen LogP contribution is -2.10. The molecule has 18 heavy (non-hydrogen) atoms. The zero-order chi connectivity index (χ0) is 13.1. The highest BCUT2D eigenvalue weighted by Gasteiger charge is 2.18. The molecule has 0 bridgehead atoms. The number of nitrogens with zero attached hydrogens (tertiary/aromatic N) is 2. The number of nitrogens with one attached hydrogen (secondary N) is 1. The molecule has 9 heteroatoms. The molecule has 7 nitrogen and oxygen atoms in total. The van der Waals surface area contributed by atoms with Gasteiger partial charge in [0, 0.05) is 5.38 Å². The zero-order valence-corrected chi connectivity index (χ0v) is 10.3. The minimum Gasteiger partial charge on any atom is -0.395 e. The monoisotopic (exact) mass is 287 g/mol. The van der Waals surface area contributed by atoms with Gasteiger partial charge in [-0.25, -0.2) is 4.98 Å². The molecule has 1 amide bonds. The van der Waals surface area contributed by atoms with Gasteiger partial charge in [-0.1, -0.05) is 0 Å². The lowest BCUT2D eigenvalue weighted by molar-refractivity contribution is -0.402. The fraction of sp³-hybridized carbons (Fsp3) is 0.111. The molecule has 0 aromatic carbocycles. The van der Waals surface area contributed by atoms with Crippen LogP contribution < -0.4 is 5.32 Å². The summed E-state index contributed by atoms with van der Waals surface area (Å²) in [5.41, 5.74) is 0.641. The van der Waals surface area contributed by atoms with Crippen LogP contribution in [0.15, 0.2) is 21.9 Å². The second kappa shape index (κ2) is 5.15. The Morgan fingerprint density at radius 3 is 2.94 bits per heavy atom. The van der Waals surface area contributed by atoms with Gasteiger partial charge in [-0.3, -0.25) is 20.2 Å². The summed E-state index contributed by atoms with van der Waals surface area (Å²) in [6.07, 6.45) is 0. The summed E-state index contributed by atoms with van der Waals surface area (Å²) in [7, 11) is 0. The predicted molar refractivity (Wildman–Crippen MR) is 65.0 cm³/mol. The average molecular weight is 288 g/mol. The Labute approximate surface area is 110 Å². The van der Waals surface area contributed by atoms with E-state index in [0.717, 1.165) is 6.07 Å². The molecule has 0 fully saturated rings.